The SMILES string of the molecule is C\C=C/C(=C(C)\C=C/SC)c1cccc(C)c1C. The molecule has 96 valence electrons. The van der Waals surface area contributed by atoms with Crippen LogP contribution in [0.3, 0.4) is 0 Å². The Morgan fingerprint density at radius 1 is 1.17 bits per heavy atom. The van der Waals surface area contributed by atoms with Gasteiger partial charge >= 0.3 is 0 Å². The summed E-state index contributed by atoms with van der Waals surface area (Å²) >= 11 is 1.73. The Bertz CT molecular complexity index is 490. The molecule has 0 N–H and O–H groups in total. The van der Waals surface area contributed by atoms with Crippen molar-refractivity contribution in [2.75, 3.05) is 6.26 Å². The quantitative estimate of drug-likeness (QED) is 0.640. The lowest BCUT2D eigenvalue weighted by Crippen LogP contribution is -1.92. The van der Waals surface area contributed by atoms with E-state index in [0.717, 1.165) is 0 Å². The zero-order valence-electron chi connectivity index (χ0n) is 11.9. The molecule has 1 heteroatoms. The van der Waals surface area contributed by atoms with Crippen LogP contribution >= 0.6 is 11.8 Å². The van der Waals surface area contributed by atoms with Crippen LogP contribution in [0.15, 0.2) is 47.4 Å². The van der Waals surface area contributed by atoms with Crippen molar-refractivity contribution in [3.8, 4) is 0 Å². The van der Waals surface area contributed by atoms with Gasteiger partial charge in [0.2, 0.25) is 0 Å². The van der Waals surface area contributed by atoms with E-state index in [2.05, 4.69) is 75.8 Å². The Morgan fingerprint density at radius 2 is 1.89 bits per heavy atom. The molecule has 0 aliphatic heterocycles. The summed E-state index contributed by atoms with van der Waals surface area (Å²) in [6.45, 7) is 8.60. The number of hydrogen-bond acceptors (Lipinski definition) is 1. The third kappa shape index (κ3) is 3.64. The Hall–Kier alpha value is -1.21. The van der Waals surface area contributed by atoms with Gasteiger partial charge in [-0.15, -0.1) is 11.8 Å². The molecule has 0 saturated carbocycles. The molecule has 18 heavy (non-hydrogen) atoms. The van der Waals surface area contributed by atoms with Crippen LogP contribution < -0.4 is 0 Å². The van der Waals surface area contributed by atoms with E-state index in [1.165, 1.54) is 27.8 Å². The molecule has 1 rings (SSSR count). The first-order valence-electron chi connectivity index (χ1n) is 6.21. The zero-order valence-corrected chi connectivity index (χ0v) is 12.8. The van der Waals surface area contributed by atoms with E-state index >= 15 is 0 Å². The second-order valence-corrected chi connectivity index (χ2v) is 5.13. The van der Waals surface area contributed by atoms with Gasteiger partial charge in [-0.2, -0.15) is 0 Å². The summed E-state index contributed by atoms with van der Waals surface area (Å²) in [5.74, 6) is 0. The second-order valence-electron chi connectivity index (χ2n) is 4.38. The smallest absolute Gasteiger partial charge is 0.0142 e. The molecule has 0 atom stereocenters. The highest BCUT2D eigenvalue weighted by molar-refractivity contribution is 8.01. The molecular formula is C17H22S. The summed E-state index contributed by atoms with van der Waals surface area (Å²) in [5, 5.41) is 2.13. The van der Waals surface area contributed by atoms with E-state index < -0.39 is 0 Å². The standard InChI is InChI=1S/C17H22S/c1-6-8-16(14(3)11-12-18-5)17-10-7-9-13(2)15(17)4/h6-12H,1-5H3/b8-6-,12-11-,16-14+. The number of hydrogen-bond donors (Lipinski definition) is 0. The number of thioether (sulfide) groups is 1. The first kappa shape index (κ1) is 14.8. The molecule has 0 unspecified atom stereocenters. The monoisotopic (exact) mass is 258 g/mol. The Balaban J connectivity index is 3.37. The summed E-state index contributed by atoms with van der Waals surface area (Å²) < 4.78 is 0. The van der Waals surface area contributed by atoms with Gasteiger partial charge in [0.25, 0.3) is 0 Å². The molecule has 0 amide bonds. The van der Waals surface area contributed by atoms with Crippen LogP contribution in [0.5, 0.6) is 0 Å². The Labute approximate surface area is 116 Å². The molecular weight excluding hydrogens is 236 g/mol. The van der Waals surface area contributed by atoms with Gasteiger partial charge in [0.05, 0.1) is 0 Å². The first-order chi connectivity index (χ1) is 8.61. The second kappa shape index (κ2) is 7.27. The van der Waals surface area contributed by atoms with Crippen molar-refractivity contribution >= 4 is 17.3 Å². The molecule has 0 radical (unpaired) electrons. The maximum atomic E-state index is 2.20. The van der Waals surface area contributed by atoms with Crippen molar-refractivity contribution in [1.82, 2.24) is 0 Å². The normalized spacial score (nSPS) is 13.4. The highest BCUT2D eigenvalue weighted by atomic mass is 32.2. The predicted octanol–water partition coefficient (Wildman–Crippen LogP) is 5.53. The average Bonchev–Trinajstić information content (AvgIpc) is 2.37. The van der Waals surface area contributed by atoms with Crippen molar-refractivity contribution in [3.05, 3.63) is 64.1 Å². The molecule has 0 heterocycles. The van der Waals surface area contributed by atoms with E-state index in [1.54, 1.807) is 11.8 Å². The fourth-order valence-corrected chi connectivity index (χ4v) is 2.24. The number of benzene rings is 1. The number of allylic oxidation sites excluding steroid dienone is 5. The van der Waals surface area contributed by atoms with Gasteiger partial charge in [0.15, 0.2) is 0 Å². The molecule has 1 aromatic rings. The summed E-state index contributed by atoms with van der Waals surface area (Å²) in [6.07, 6.45) is 8.56. The minimum absolute atomic E-state index is 1.30. The largest absolute Gasteiger partial charge is 0.138 e. The van der Waals surface area contributed by atoms with Crippen LogP contribution in [0.1, 0.15) is 30.5 Å². The van der Waals surface area contributed by atoms with Crippen LogP contribution in [0.25, 0.3) is 5.57 Å². The average molecular weight is 258 g/mol. The first-order valence-corrected chi connectivity index (χ1v) is 7.50. The van der Waals surface area contributed by atoms with Crippen molar-refractivity contribution < 1.29 is 0 Å². The molecule has 0 aliphatic carbocycles. The number of aryl methyl sites for hydroxylation is 1. The lowest BCUT2D eigenvalue weighted by Gasteiger charge is -2.12. The van der Waals surface area contributed by atoms with Gasteiger partial charge in [-0.1, -0.05) is 36.4 Å². The van der Waals surface area contributed by atoms with Crippen LogP contribution in [0.2, 0.25) is 0 Å². The summed E-state index contributed by atoms with van der Waals surface area (Å²) in [6, 6.07) is 6.50. The van der Waals surface area contributed by atoms with Crippen molar-refractivity contribution in [1.29, 1.82) is 0 Å². The summed E-state index contributed by atoms with van der Waals surface area (Å²) in [4.78, 5) is 0. The third-order valence-electron chi connectivity index (χ3n) is 3.11. The van der Waals surface area contributed by atoms with Crippen LogP contribution in [-0.2, 0) is 0 Å². The molecule has 0 saturated heterocycles. The number of rotatable bonds is 4. The summed E-state index contributed by atoms with van der Waals surface area (Å²) in [7, 11) is 0. The van der Waals surface area contributed by atoms with Crippen molar-refractivity contribution in [2.24, 2.45) is 0 Å². The summed E-state index contributed by atoms with van der Waals surface area (Å²) in [5.41, 5.74) is 6.65. The van der Waals surface area contributed by atoms with E-state index in [0.29, 0.717) is 0 Å². The Kier molecular flexibility index (Phi) is 6.00. The molecule has 1 aromatic carbocycles. The molecule has 0 fully saturated rings. The molecule has 0 bridgehead atoms. The van der Waals surface area contributed by atoms with E-state index in [4.69, 9.17) is 0 Å². The highest BCUT2D eigenvalue weighted by Gasteiger charge is 2.06. The predicted molar refractivity (Wildman–Crippen MR) is 86.0 cm³/mol. The van der Waals surface area contributed by atoms with Crippen LogP contribution in [0.4, 0.5) is 0 Å². The van der Waals surface area contributed by atoms with Gasteiger partial charge in [0, 0.05) is 0 Å². The topological polar surface area (TPSA) is 0 Å². The maximum Gasteiger partial charge on any atom is -0.0142 e. The fraction of sp³-hybridized carbons (Fsp3) is 0.294. The fourth-order valence-electron chi connectivity index (χ4n) is 1.90. The van der Waals surface area contributed by atoms with Crippen molar-refractivity contribution in [3.63, 3.8) is 0 Å². The third-order valence-corrected chi connectivity index (χ3v) is 3.52. The van der Waals surface area contributed by atoms with E-state index in [1.807, 2.05) is 0 Å². The minimum atomic E-state index is 1.30. The maximum absolute atomic E-state index is 2.20. The lowest BCUT2D eigenvalue weighted by molar-refractivity contribution is 1.31. The van der Waals surface area contributed by atoms with Gasteiger partial charge in [-0.3, -0.25) is 0 Å². The van der Waals surface area contributed by atoms with Gasteiger partial charge < -0.3 is 0 Å². The van der Waals surface area contributed by atoms with E-state index in [-0.39, 0.29) is 0 Å². The van der Waals surface area contributed by atoms with Gasteiger partial charge in [0.1, 0.15) is 0 Å². The highest BCUT2D eigenvalue weighted by Crippen LogP contribution is 2.26. The molecule has 0 spiro atoms. The van der Waals surface area contributed by atoms with Crippen molar-refractivity contribution in [2.45, 2.75) is 27.7 Å². The molecule has 0 aliphatic rings. The van der Waals surface area contributed by atoms with E-state index in [9.17, 15) is 0 Å². The van der Waals surface area contributed by atoms with Gasteiger partial charge in [-0.05, 0) is 67.2 Å². The zero-order chi connectivity index (χ0) is 13.5. The molecule has 0 aromatic heterocycles. The molecule has 0 nitrogen and oxygen atoms in total. The minimum Gasteiger partial charge on any atom is -0.138 e. The Morgan fingerprint density at radius 3 is 2.50 bits per heavy atom. The van der Waals surface area contributed by atoms with Crippen LogP contribution in [0, 0.1) is 13.8 Å². The van der Waals surface area contributed by atoms with Gasteiger partial charge in [-0.25, -0.2) is 0 Å². The lowest BCUT2D eigenvalue weighted by atomic mass is 9.93. The van der Waals surface area contributed by atoms with Crippen LogP contribution in [-0.4, -0.2) is 6.26 Å².